The summed E-state index contributed by atoms with van der Waals surface area (Å²) in [6.07, 6.45) is 16.7. The Kier molecular flexibility index (Phi) is 15.3. The molecule has 4 aliphatic rings. The number of methoxy groups -OCH3 is 4. The lowest BCUT2D eigenvalue weighted by Gasteiger charge is -2.49. The van der Waals surface area contributed by atoms with E-state index >= 15 is 0 Å². The molecule has 0 amide bonds. The Morgan fingerprint density at radius 1 is 0.271 bits per heavy atom. The van der Waals surface area contributed by atoms with Crippen LogP contribution < -0.4 is 9.47 Å². The fraction of sp³-hybridized carbons (Fsp3) is 0.137. The van der Waals surface area contributed by atoms with Crippen LogP contribution in [0.1, 0.15) is 82.0 Å². The van der Waals surface area contributed by atoms with Crippen LogP contribution in [-0.2, 0) is 25.4 Å². The molecule has 0 aliphatic heterocycles. The van der Waals surface area contributed by atoms with Gasteiger partial charge in [0.25, 0.3) is 0 Å². The van der Waals surface area contributed by atoms with Gasteiger partial charge in [-0.05, 0) is 214 Å². The Balaban J connectivity index is 0.770. The van der Waals surface area contributed by atoms with Crippen molar-refractivity contribution in [2.45, 2.75) is 59.9 Å². The maximum absolute atomic E-state index is 9.01. The number of fused-ring (bicyclic) bond motifs is 26. The van der Waals surface area contributed by atoms with Gasteiger partial charge in [-0.15, -0.1) is 0 Å². The van der Waals surface area contributed by atoms with Gasteiger partial charge in [-0.2, -0.15) is 0 Å². The molecule has 0 heterocycles. The third kappa shape index (κ3) is 9.74. The number of ether oxygens (including phenoxy) is 5. The first-order valence-corrected chi connectivity index (χ1v) is 37.5. The summed E-state index contributed by atoms with van der Waals surface area (Å²) in [5.74, 6) is 1.38. The van der Waals surface area contributed by atoms with Crippen molar-refractivity contribution in [3.05, 3.63) is 395 Å². The van der Waals surface area contributed by atoms with Gasteiger partial charge in [-0.25, -0.2) is 0 Å². The van der Waals surface area contributed by atoms with Gasteiger partial charge in [0.1, 0.15) is 22.7 Å². The minimum atomic E-state index is -1.33. The van der Waals surface area contributed by atoms with Crippen LogP contribution in [0.4, 0.5) is 0 Å². The topological polar surface area (TPSA) is 46.2 Å². The average molecular weight is 1380 g/mol. The fourth-order valence-corrected chi connectivity index (χ4v) is 19.8. The van der Waals surface area contributed by atoms with Crippen LogP contribution in [0.2, 0.25) is 0 Å². The van der Waals surface area contributed by atoms with E-state index in [4.69, 9.17) is 23.7 Å². The highest BCUT2D eigenvalue weighted by molar-refractivity contribution is 6.27. The summed E-state index contributed by atoms with van der Waals surface area (Å²) >= 11 is 0. The summed E-state index contributed by atoms with van der Waals surface area (Å²) in [6, 6.07) is 111. The van der Waals surface area contributed by atoms with Crippen LogP contribution in [-0.4, -0.2) is 39.6 Å². The zero-order chi connectivity index (χ0) is 71.6. The molecule has 0 saturated heterocycles. The van der Waals surface area contributed by atoms with Crippen LogP contribution in [0.15, 0.2) is 351 Å². The summed E-state index contributed by atoms with van der Waals surface area (Å²) in [7, 11) is 7.28. The highest BCUT2D eigenvalue weighted by Gasteiger charge is 2.53. The van der Waals surface area contributed by atoms with Crippen molar-refractivity contribution in [1.82, 2.24) is 0 Å². The predicted molar refractivity (Wildman–Crippen MR) is 441 cm³/mol. The lowest BCUT2D eigenvalue weighted by molar-refractivity contribution is -0.0837. The van der Waals surface area contributed by atoms with E-state index in [1.807, 2.05) is 14.2 Å². The van der Waals surface area contributed by atoms with Crippen molar-refractivity contribution in [3.8, 4) is 33.8 Å². The minimum Gasteiger partial charge on any atom is -0.497 e. The monoisotopic (exact) mass is 1380 g/mol. The molecule has 0 bridgehead atoms. The largest absolute Gasteiger partial charge is 0.497 e. The van der Waals surface area contributed by atoms with E-state index in [0.717, 1.165) is 44.9 Å². The summed E-state index contributed by atoms with van der Waals surface area (Å²) in [6.45, 7) is 0. The molecular weight excluding hydrogens is 1310 g/mol. The molecular formula is C102H78O5. The minimum absolute atomic E-state index is 0.0538. The van der Waals surface area contributed by atoms with Gasteiger partial charge < -0.3 is 23.7 Å². The highest BCUT2D eigenvalue weighted by Crippen LogP contribution is 2.63. The third-order valence-corrected chi connectivity index (χ3v) is 24.6. The summed E-state index contributed by atoms with van der Waals surface area (Å²) in [5, 5.41) is 20.3. The second-order valence-electron chi connectivity index (χ2n) is 29.6. The molecule has 5 heteroatoms. The SMILES string of the molecule is COc1ccc(C(OC(C2=CCC(CC3c4c(c5ccccc5c5ccccc45)-c4c3c3ccccc3c3ccccc43)(OC)C=C2)(c2ccccc2)c2ccc(OC)cc2)(C2=CCC(CC3c4c(c5ccccc5c5ccccc45)-c4c3c3ccccc3c3ccccc43)(OC)C=C2)c2ccccc2)cc1. The quantitative estimate of drug-likeness (QED) is 0.0902. The second-order valence-corrected chi connectivity index (χ2v) is 29.6. The van der Waals surface area contributed by atoms with E-state index in [2.05, 4.69) is 340 Å². The summed E-state index contributed by atoms with van der Waals surface area (Å²) in [4.78, 5) is 0. The Morgan fingerprint density at radius 2 is 0.505 bits per heavy atom. The Bertz CT molecular complexity index is 5790. The highest BCUT2D eigenvalue weighted by atomic mass is 16.5. The molecule has 16 aromatic carbocycles. The van der Waals surface area contributed by atoms with Gasteiger partial charge >= 0.3 is 0 Å². The summed E-state index contributed by atoms with van der Waals surface area (Å²) < 4.78 is 35.4. The van der Waals surface area contributed by atoms with Crippen LogP contribution >= 0.6 is 0 Å². The molecule has 0 N–H and O–H groups in total. The molecule has 20 rings (SSSR count). The van der Waals surface area contributed by atoms with Crippen LogP contribution in [0.5, 0.6) is 11.5 Å². The van der Waals surface area contributed by atoms with E-state index in [1.165, 1.54) is 131 Å². The van der Waals surface area contributed by atoms with E-state index in [0.29, 0.717) is 25.7 Å². The number of benzene rings is 16. The predicted octanol–water partition coefficient (Wildman–Crippen LogP) is 25.1. The lowest BCUT2D eigenvalue weighted by atomic mass is 9.70. The van der Waals surface area contributed by atoms with Crippen molar-refractivity contribution < 1.29 is 23.7 Å². The normalized spacial score (nSPS) is 18.0. The summed E-state index contributed by atoms with van der Waals surface area (Å²) in [5.41, 5.74) is 12.2. The third-order valence-electron chi connectivity index (χ3n) is 24.6. The first-order chi connectivity index (χ1) is 52.8. The van der Waals surface area contributed by atoms with Crippen molar-refractivity contribution in [1.29, 1.82) is 0 Å². The van der Waals surface area contributed by atoms with Gasteiger partial charge in [0.2, 0.25) is 0 Å². The molecule has 0 radical (unpaired) electrons. The number of hydrogen-bond donors (Lipinski definition) is 0. The molecule has 16 aromatic rings. The van der Waals surface area contributed by atoms with E-state index < -0.39 is 22.4 Å². The average Bonchev–Trinajstić information content (AvgIpc) is 1.46. The molecule has 5 nitrogen and oxygen atoms in total. The van der Waals surface area contributed by atoms with E-state index in [1.54, 1.807) is 14.2 Å². The molecule has 4 aliphatic carbocycles. The lowest BCUT2D eigenvalue weighted by Crippen LogP contribution is -2.46. The number of hydrogen-bond acceptors (Lipinski definition) is 5. The Labute approximate surface area is 623 Å². The Morgan fingerprint density at radius 3 is 0.748 bits per heavy atom. The first-order valence-electron chi connectivity index (χ1n) is 37.5. The van der Waals surface area contributed by atoms with Gasteiger partial charge in [0, 0.05) is 26.1 Å². The smallest absolute Gasteiger partial charge is 0.145 e. The van der Waals surface area contributed by atoms with Gasteiger partial charge in [0.05, 0.1) is 25.4 Å². The zero-order valence-electron chi connectivity index (χ0n) is 60.4. The molecule has 0 spiro atoms. The second kappa shape index (κ2) is 25.4. The fourth-order valence-electron chi connectivity index (χ4n) is 19.8. The molecule has 4 atom stereocenters. The molecule has 0 saturated carbocycles. The standard InChI is InChI=1S/C102H78O5/c1-103-71-51-47-67(48-52-71)101(65-27-7-5-8-28-65,69-55-59-99(105-3,60-56-69)63-89-91-81-39-19-11-31-73(81)77-35-15-23-43-85(77)95(91)96-86-44-24-16-36-78(86)74-32-12-20-40-82(74)92(89)96)107-102(66-29-9-6-10-30-66,68-49-53-72(104-2)54-50-68)70-57-61-100(106-4,62-58-70)64-90-93-83-41-21-13-33-75(83)79-37-17-25-45-87(79)97(93)98-88-46-26-18-38-80(88)76-34-14-22-42-84(76)94(90)98/h5-59,61,89-90H,60,62-64H2,1-4H3. The van der Waals surface area contributed by atoms with Gasteiger partial charge in [0.15, 0.2) is 0 Å². The number of rotatable bonds is 16. The maximum atomic E-state index is 9.01. The van der Waals surface area contributed by atoms with Crippen LogP contribution in [0, 0.1) is 0 Å². The van der Waals surface area contributed by atoms with Crippen molar-refractivity contribution in [2.75, 3.05) is 28.4 Å². The van der Waals surface area contributed by atoms with Gasteiger partial charge in [-0.3, -0.25) is 0 Å². The molecule has 0 fully saturated rings. The van der Waals surface area contributed by atoms with E-state index in [9.17, 15) is 0 Å². The van der Waals surface area contributed by atoms with Crippen molar-refractivity contribution in [3.63, 3.8) is 0 Å². The van der Waals surface area contributed by atoms with Crippen LogP contribution in [0.3, 0.4) is 0 Å². The van der Waals surface area contributed by atoms with Crippen molar-refractivity contribution in [2.24, 2.45) is 0 Å². The maximum Gasteiger partial charge on any atom is 0.145 e. The van der Waals surface area contributed by atoms with Gasteiger partial charge in [-0.1, -0.05) is 316 Å². The molecule has 0 aromatic heterocycles. The van der Waals surface area contributed by atoms with Crippen LogP contribution in [0.25, 0.3) is 108 Å². The Hall–Kier alpha value is -12.0. The van der Waals surface area contributed by atoms with E-state index in [-0.39, 0.29) is 11.8 Å². The van der Waals surface area contributed by atoms with Crippen molar-refractivity contribution >= 4 is 86.2 Å². The zero-order valence-corrected chi connectivity index (χ0v) is 60.4. The molecule has 516 valence electrons. The first kappa shape index (κ1) is 64.6. The molecule has 4 unspecified atom stereocenters. The molecule has 107 heavy (non-hydrogen) atoms.